The molecule has 1 aromatic carbocycles. The van der Waals surface area contributed by atoms with Crippen molar-refractivity contribution in [3.8, 4) is 0 Å². The van der Waals surface area contributed by atoms with E-state index in [0.29, 0.717) is 10.0 Å². The van der Waals surface area contributed by atoms with Gasteiger partial charge in [-0.05, 0) is 32.0 Å². The first-order valence-electron chi connectivity index (χ1n) is 5.28. The van der Waals surface area contributed by atoms with Crippen molar-refractivity contribution < 1.29 is 9.90 Å². The molecule has 18 heavy (non-hydrogen) atoms. The number of carbonyl (C=O) groups is 1. The van der Waals surface area contributed by atoms with Gasteiger partial charge in [0.15, 0.2) is 0 Å². The highest BCUT2D eigenvalue weighted by atomic mass is 35.5. The molecular weight excluding hydrogens is 311 g/mol. The van der Waals surface area contributed by atoms with Crippen LogP contribution in [0.2, 0.25) is 10.0 Å². The van der Waals surface area contributed by atoms with Crippen molar-refractivity contribution in [1.82, 2.24) is 0 Å². The average Bonchev–Trinajstić information content (AvgIpc) is 2.28. The second-order valence-corrected chi connectivity index (χ2v) is 7.79. The molecule has 0 atom stereocenters. The van der Waals surface area contributed by atoms with E-state index in [1.165, 1.54) is 11.8 Å². The van der Waals surface area contributed by atoms with Gasteiger partial charge in [0.2, 0.25) is 0 Å². The maximum absolute atomic E-state index is 10.9. The van der Waals surface area contributed by atoms with E-state index in [9.17, 15) is 4.79 Å². The van der Waals surface area contributed by atoms with Crippen LogP contribution in [0, 0.1) is 0 Å². The lowest BCUT2D eigenvalue weighted by molar-refractivity contribution is -0.138. The van der Waals surface area contributed by atoms with Crippen LogP contribution < -0.4 is 0 Å². The molecule has 0 aliphatic rings. The highest BCUT2D eigenvalue weighted by molar-refractivity contribution is 8.04. The Hall–Kier alpha value is -0.0300. The van der Waals surface area contributed by atoms with E-state index < -0.39 is 10.7 Å². The number of rotatable bonds is 6. The average molecular weight is 325 g/mol. The standard InChI is InChI=1S/C12H14Cl2O2S2/c1-12(2,11(15)16)18-6-5-17-10-7-8(13)3-4-9(10)14/h3-4,7H,5-6H2,1-2H3,(H,15,16). The summed E-state index contributed by atoms with van der Waals surface area (Å²) in [6.07, 6.45) is 0. The maximum atomic E-state index is 10.9. The summed E-state index contributed by atoms with van der Waals surface area (Å²) in [6, 6.07) is 5.33. The van der Waals surface area contributed by atoms with Crippen LogP contribution >= 0.6 is 46.7 Å². The zero-order valence-electron chi connectivity index (χ0n) is 10.1. The second kappa shape index (κ2) is 6.94. The number of thioether (sulfide) groups is 2. The molecule has 1 N–H and O–H groups in total. The van der Waals surface area contributed by atoms with Crippen molar-refractivity contribution >= 4 is 52.7 Å². The molecule has 0 aliphatic heterocycles. The molecule has 0 aromatic heterocycles. The summed E-state index contributed by atoms with van der Waals surface area (Å²) in [5.74, 6) is 0.743. The molecule has 2 nitrogen and oxygen atoms in total. The quantitative estimate of drug-likeness (QED) is 0.608. The minimum Gasteiger partial charge on any atom is -0.480 e. The Kier molecular flexibility index (Phi) is 6.18. The van der Waals surface area contributed by atoms with Crippen LogP contribution in [0.15, 0.2) is 23.1 Å². The summed E-state index contributed by atoms with van der Waals surface area (Å²) >= 11 is 14.9. The molecule has 0 fully saturated rings. The predicted octanol–water partition coefficient (Wildman–Crippen LogP) is 4.68. The number of carboxylic acid groups (broad SMARTS) is 1. The minimum atomic E-state index is -0.793. The fourth-order valence-corrected chi connectivity index (χ4v) is 3.55. The van der Waals surface area contributed by atoms with Crippen LogP contribution in [0.3, 0.4) is 0 Å². The Balaban J connectivity index is 2.43. The van der Waals surface area contributed by atoms with E-state index in [2.05, 4.69) is 0 Å². The molecule has 0 saturated carbocycles. The Labute approximate surface area is 125 Å². The monoisotopic (exact) mass is 324 g/mol. The van der Waals surface area contributed by atoms with E-state index in [4.69, 9.17) is 28.3 Å². The van der Waals surface area contributed by atoms with Crippen molar-refractivity contribution in [3.05, 3.63) is 28.2 Å². The van der Waals surface area contributed by atoms with Crippen LogP contribution in [0.4, 0.5) is 0 Å². The van der Waals surface area contributed by atoms with E-state index in [1.807, 2.05) is 6.07 Å². The SMILES string of the molecule is CC(C)(SCCSc1cc(Cl)ccc1Cl)C(=O)O. The highest BCUT2D eigenvalue weighted by Crippen LogP contribution is 2.32. The van der Waals surface area contributed by atoms with Gasteiger partial charge < -0.3 is 5.11 Å². The third-order valence-corrected chi connectivity index (χ3v) is 5.51. The summed E-state index contributed by atoms with van der Waals surface area (Å²) in [5, 5.41) is 10.3. The largest absolute Gasteiger partial charge is 0.480 e. The van der Waals surface area contributed by atoms with E-state index in [-0.39, 0.29) is 0 Å². The van der Waals surface area contributed by atoms with Gasteiger partial charge in [0.1, 0.15) is 4.75 Å². The molecule has 0 radical (unpaired) electrons. The molecule has 100 valence electrons. The fraction of sp³-hybridized carbons (Fsp3) is 0.417. The van der Waals surface area contributed by atoms with Gasteiger partial charge in [0, 0.05) is 21.4 Å². The van der Waals surface area contributed by atoms with E-state index >= 15 is 0 Å². The van der Waals surface area contributed by atoms with Crippen molar-refractivity contribution in [2.75, 3.05) is 11.5 Å². The van der Waals surface area contributed by atoms with Gasteiger partial charge in [0.05, 0.1) is 5.02 Å². The number of benzene rings is 1. The third kappa shape index (κ3) is 4.92. The van der Waals surface area contributed by atoms with Gasteiger partial charge in [-0.25, -0.2) is 0 Å². The second-order valence-electron chi connectivity index (χ2n) is 4.09. The van der Waals surface area contributed by atoms with Gasteiger partial charge in [0.25, 0.3) is 0 Å². The Morgan fingerprint density at radius 3 is 2.61 bits per heavy atom. The molecule has 0 spiro atoms. The van der Waals surface area contributed by atoms with Crippen molar-refractivity contribution in [3.63, 3.8) is 0 Å². The van der Waals surface area contributed by atoms with Gasteiger partial charge in [-0.3, -0.25) is 4.79 Å². The topological polar surface area (TPSA) is 37.3 Å². The molecule has 0 amide bonds. The van der Waals surface area contributed by atoms with Gasteiger partial charge in [-0.1, -0.05) is 23.2 Å². The fourth-order valence-electron chi connectivity index (χ4n) is 1.10. The van der Waals surface area contributed by atoms with Crippen LogP contribution in [0.1, 0.15) is 13.8 Å². The summed E-state index contributed by atoms with van der Waals surface area (Å²) in [7, 11) is 0. The van der Waals surface area contributed by atoms with E-state index in [0.717, 1.165) is 16.4 Å². The lowest BCUT2D eigenvalue weighted by Gasteiger charge is -2.18. The summed E-state index contributed by atoms with van der Waals surface area (Å²) < 4.78 is -0.751. The van der Waals surface area contributed by atoms with Crippen molar-refractivity contribution in [1.29, 1.82) is 0 Å². The normalized spacial score (nSPS) is 11.6. The van der Waals surface area contributed by atoms with Crippen molar-refractivity contribution in [2.45, 2.75) is 23.5 Å². The molecular formula is C12H14Cl2O2S2. The molecule has 0 saturated heterocycles. The molecule has 0 heterocycles. The highest BCUT2D eigenvalue weighted by Gasteiger charge is 2.27. The molecule has 6 heteroatoms. The molecule has 1 rings (SSSR count). The van der Waals surface area contributed by atoms with Crippen molar-refractivity contribution in [2.24, 2.45) is 0 Å². The van der Waals surface area contributed by atoms with Crippen LogP contribution in [-0.4, -0.2) is 27.3 Å². The number of hydrogen-bond donors (Lipinski definition) is 1. The number of aliphatic carboxylic acids is 1. The molecule has 1 aromatic rings. The zero-order valence-corrected chi connectivity index (χ0v) is 13.2. The molecule has 0 bridgehead atoms. The number of halogens is 2. The summed E-state index contributed by atoms with van der Waals surface area (Å²) in [4.78, 5) is 11.8. The minimum absolute atomic E-state index is 0.653. The van der Waals surface area contributed by atoms with Gasteiger partial charge in [-0.15, -0.1) is 23.5 Å². The predicted molar refractivity (Wildman–Crippen MR) is 81.4 cm³/mol. The number of hydrogen-bond acceptors (Lipinski definition) is 3. The first-order valence-corrected chi connectivity index (χ1v) is 8.01. The zero-order chi connectivity index (χ0) is 13.8. The molecule has 0 unspecified atom stereocenters. The van der Waals surface area contributed by atoms with Crippen LogP contribution in [0.5, 0.6) is 0 Å². The van der Waals surface area contributed by atoms with Crippen LogP contribution in [0.25, 0.3) is 0 Å². The third-order valence-electron chi connectivity index (χ3n) is 2.21. The summed E-state index contributed by atoms with van der Waals surface area (Å²) in [5.41, 5.74) is 0. The Morgan fingerprint density at radius 2 is 2.00 bits per heavy atom. The maximum Gasteiger partial charge on any atom is 0.319 e. The Bertz CT molecular complexity index is 436. The lowest BCUT2D eigenvalue weighted by Crippen LogP contribution is -2.27. The Morgan fingerprint density at radius 1 is 1.33 bits per heavy atom. The molecule has 0 aliphatic carbocycles. The summed E-state index contributed by atoms with van der Waals surface area (Å²) in [6.45, 7) is 3.41. The first-order chi connectivity index (χ1) is 8.33. The van der Waals surface area contributed by atoms with Gasteiger partial charge >= 0.3 is 5.97 Å². The van der Waals surface area contributed by atoms with E-state index in [1.54, 1.807) is 37.7 Å². The lowest BCUT2D eigenvalue weighted by atomic mass is 10.2. The van der Waals surface area contributed by atoms with Gasteiger partial charge in [-0.2, -0.15) is 0 Å². The van der Waals surface area contributed by atoms with Crippen LogP contribution in [-0.2, 0) is 4.79 Å². The number of carboxylic acids is 1. The first kappa shape index (κ1) is 16.0. The smallest absolute Gasteiger partial charge is 0.319 e.